The zero-order chi connectivity index (χ0) is 23.2. The van der Waals surface area contributed by atoms with E-state index in [9.17, 15) is 0 Å². The Kier molecular flexibility index (Phi) is 7.14. The van der Waals surface area contributed by atoms with Gasteiger partial charge in [0.1, 0.15) is 17.8 Å². The van der Waals surface area contributed by atoms with Crippen LogP contribution in [0.4, 0.5) is 5.82 Å². The minimum Gasteiger partial charge on any atom is -0.379 e. The molecule has 1 fully saturated rings. The number of benzene rings is 2. The molecule has 34 heavy (non-hydrogen) atoms. The van der Waals surface area contributed by atoms with Crippen molar-refractivity contribution in [3.05, 3.63) is 78.1 Å². The maximum Gasteiger partial charge on any atom is 0.143 e. The summed E-state index contributed by atoms with van der Waals surface area (Å²) in [7, 11) is 0. The Morgan fingerprint density at radius 3 is 2.62 bits per heavy atom. The first-order valence-corrected chi connectivity index (χ1v) is 12.0. The number of aromatic nitrogens is 3. The van der Waals surface area contributed by atoms with Gasteiger partial charge in [-0.3, -0.25) is 4.90 Å². The molecule has 0 spiro atoms. The van der Waals surface area contributed by atoms with Gasteiger partial charge < -0.3 is 20.4 Å². The average Bonchev–Trinajstić information content (AvgIpc) is 3.34. The topological polar surface area (TPSA) is 78.1 Å². The third-order valence-electron chi connectivity index (χ3n) is 6.38. The first-order chi connectivity index (χ1) is 16.8. The van der Waals surface area contributed by atoms with Crippen LogP contribution in [-0.2, 0) is 11.3 Å². The van der Waals surface area contributed by atoms with E-state index in [1.807, 2.05) is 6.07 Å². The van der Waals surface area contributed by atoms with Crippen LogP contribution in [0, 0.1) is 0 Å². The highest BCUT2D eigenvalue weighted by molar-refractivity contribution is 5.91. The molecule has 7 heteroatoms. The van der Waals surface area contributed by atoms with Gasteiger partial charge in [-0.1, -0.05) is 54.6 Å². The number of rotatable bonds is 9. The molecule has 176 valence electrons. The summed E-state index contributed by atoms with van der Waals surface area (Å²) in [6.45, 7) is 8.84. The number of nitrogens with one attached hydrogen (secondary N) is 3. The van der Waals surface area contributed by atoms with Crippen LogP contribution in [0.15, 0.2) is 67.0 Å². The number of fused-ring (bicyclic) bond motifs is 1. The van der Waals surface area contributed by atoms with Crippen LogP contribution < -0.4 is 10.6 Å². The summed E-state index contributed by atoms with van der Waals surface area (Å²) in [6.07, 6.45) is 1.61. The van der Waals surface area contributed by atoms with E-state index in [1.54, 1.807) is 6.33 Å². The third kappa shape index (κ3) is 5.44. The molecule has 1 saturated heterocycles. The van der Waals surface area contributed by atoms with Gasteiger partial charge in [0.15, 0.2) is 0 Å². The maximum atomic E-state index is 5.41. The number of hydrogen-bond acceptors (Lipinski definition) is 6. The highest BCUT2D eigenvalue weighted by Gasteiger charge is 2.13. The summed E-state index contributed by atoms with van der Waals surface area (Å²) in [5.41, 5.74) is 5.51. The van der Waals surface area contributed by atoms with Gasteiger partial charge in [-0.2, -0.15) is 0 Å². The largest absolute Gasteiger partial charge is 0.379 e. The molecule has 2 aromatic heterocycles. The fourth-order valence-electron chi connectivity index (χ4n) is 4.34. The molecule has 0 unspecified atom stereocenters. The molecule has 0 saturated carbocycles. The molecule has 0 aliphatic carbocycles. The van der Waals surface area contributed by atoms with Crippen LogP contribution in [0.1, 0.15) is 24.1 Å². The van der Waals surface area contributed by atoms with E-state index in [4.69, 9.17) is 4.74 Å². The molecule has 3 heterocycles. The van der Waals surface area contributed by atoms with Gasteiger partial charge in [0.2, 0.25) is 0 Å². The number of morpholine rings is 1. The van der Waals surface area contributed by atoms with Crippen molar-refractivity contribution in [1.29, 1.82) is 0 Å². The highest BCUT2D eigenvalue weighted by Crippen LogP contribution is 2.29. The normalized spacial score (nSPS) is 15.4. The molecule has 0 bridgehead atoms. The molecule has 3 N–H and O–H groups in total. The number of nitrogens with zero attached hydrogens (tertiary/aromatic N) is 3. The zero-order valence-corrected chi connectivity index (χ0v) is 19.6. The van der Waals surface area contributed by atoms with Crippen molar-refractivity contribution in [2.45, 2.75) is 19.5 Å². The van der Waals surface area contributed by atoms with Crippen LogP contribution in [0.3, 0.4) is 0 Å². The van der Waals surface area contributed by atoms with Gasteiger partial charge >= 0.3 is 0 Å². The van der Waals surface area contributed by atoms with Crippen molar-refractivity contribution in [2.75, 3.05) is 44.7 Å². The molecule has 0 amide bonds. The van der Waals surface area contributed by atoms with Crippen molar-refractivity contribution in [1.82, 2.24) is 25.2 Å². The third-order valence-corrected chi connectivity index (χ3v) is 6.38. The number of H-pyrrole nitrogens is 1. The zero-order valence-electron chi connectivity index (χ0n) is 19.6. The molecule has 1 atom stereocenters. The summed E-state index contributed by atoms with van der Waals surface area (Å²) < 4.78 is 5.41. The molecule has 5 rings (SSSR count). The van der Waals surface area contributed by atoms with Gasteiger partial charge in [0.05, 0.1) is 18.6 Å². The highest BCUT2D eigenvalue weighted by atomic mass is 16.5. The fourth-order valence-corrected chi connectivity index (χ4v) is 4.34. The van der Waals surface area contributed by atoms with Gasteiger partial charge in [0.25, 0.3) is 0 Å². The molecular formula is C27H32N6O. The number of ether oxygens (including phenoxy) is 1. The second-order valence-electron chi connectivity index (χ2n) is 8.77. The number of hydrogen-bond donors (Lipinski definition) is 3. The second kappa shape index (κ2) is 10.8. The van der Waals surface area contributed by atoms with Gasteiger partial charge in [-0.15, -0.1) is 0 Å². The molecule has 1 aliphatic rings. The van der Waals surface area contributed by atoms with Crippen LogP contribution in [0.5, 0.6) is 0 Å². The lowest BCUT2D eigenvalue weighted by molar-refractivity contribution is 0.0384. The lowest BCUT2D eigenvalue weighted by Crippen LogP contribution is -2.40. The summed E-state index contributed by atoms with van der Waals surface area (Å²) in [4.78, 5) is 14.9. The average molecular weight is 457 g/mol. The summed E-state index contributed by atoms with van der Waals surface area (Å²) >= 11 is 0. The molecule has 0 radical (unpaired) electrons. The summed E-state index contributed by atoms with van der Waals surface area (Å²) in [5, 5.41) is 8.08. The second-order valence-corrected chi connectivity index (χ2v) is 8.77. The number of anilines is 1. The quantitative estimate of drug-likeness (QED) is 0.327. The van der Waals surface area contributed by atoms with Crippen molar-refractivity contribution >= 4 is 16.9 Å². The first kappa shape index (κ1) is 22.5. The lowest BCUT2D eigenvalue weighted by atomic mass is 10.1. The van der Waals surface area contributed by atoms with Crippen LogP contribution in [-0.4, -0.2) is 59.2 Å². The predicted octanol–water partition coefficient (Wildman–Crippen LogP) is 4.22. The first-order valence-electron chi connectivity index (χ1n) is 12.0. The number of aromatic amines is 1. The van der Waals surface area contributed by atoms with E-state index in [1.165, 1.54) is 11.1 Å². The standard InChI is InChI=1S/C27H32N6O/c1-20(22-5-3-2-4-6-22)31-26-24-17-25(32-27(24)30-19-29-26)23-9-7-21(8-10-23)18-28-11-12-33-13-15-34-16-14-33/h2-10,17,19-20,28H,11-16,18H2,1H3,(H2,29,30,31,32)/t20-/m1/s1. The monoisotopic (exact) mass is 456 g/mol. The van der Waals surface area contributed by atoms with Crippen molar-refractivity contribution in [3.8, 4) is 11.3 Å². The minimum atomic E-state index is 0.146. The van der Waals surface area contributed by atoms with Gasteiger partial charge in [-0.05, 0) is 29.7 Å². The molecular weight excluding hydrogens is 424 g/mol. The van der Waals surface area contributed by atoms with Crippen molar-refractivity contribution in [2.24, 2.45) is 0 Å². The van der Waals surface area contributed by atoms with E-state index in [-0.39, 0.29) is 6.04 Å². The lowest BCUT2D eigenvalue weighted by Gasteiger charge is -2.26. The maximum absolute atomic E-state index is 5.41. The Balaban J connectivity index is 1.22. The molecule has 7 nitrogen and oxygen atoms in total. The fraction of sp³-hybridized carbons (Fsp3) is 0.333. The SMILES string of the molecule is C[C@@H](Nc1ncnc2[nH]c(-c3ccc(CNCCN4CCOCC4)cc3)cc12)c1ccccc1. The van der Waals surface area contributed by atoms with Crippen molar-refractivity contribution < 1.29 is 4.74 Å². The van der Waals surface area contributed by atoms with Crippen LogP contribution in [0.2, 0.25) is 0 Å². The van der Waals surface area contributed by atoms with E-state index in [0.29, 0.717) is 0 Å². The Morgan fingerprint density at radius 1 is 1.03 bits per heavy atom. The minimum absolute atomic E-state index is 0.146. The van der Waals surface area contributed by atoms with Gasteiger partial charge in [-0.25, -0.2) is 9.97 Å². The van der Waals surface area contributed by atoms with E-state index >= 15 is 0 Å². The van der Waals surface area contributed by atoms with E-state index < -0.39 is 0 Å². The van der Waals surface area contributed by atoms with Crippen molar-refractivity contribution in [3.63, 3.8) is 0 Å². The molecule has 1 aliphatic heterocycles. The Hall–Kier alpha value is -3.26. The van der Waals surface area contributed by atoms with Crippen LogP contribution >= 0.6 is 0 Å². The Morgan fingerprint density at radius 2 is 1.82 bits per heavy atom. The van der Waals surface area contributed by atoms with Gasteiger partial charge in [0, 0.05) is 44.5 Å². The Labute approximate surface area is 200 Å². The van der Waals surface area contributed by atoms with E-state index in [2.05, 4.69) is 92.0 Å². The molecule has 4 aromatic rings. The smallest absolute Gasteiger partial charge is 0.143 e. The van der Waals surface area contributed by atoms with E-state index in [0.717, 1.165) is 74.0 Å². The van der Waals surface area contributed by atoms with Crippen LogP contribution in [0.25, 0.3) is 22.3 Å². The predicted molar refractivity (Wildman–Crippen MR) is 137 cm³/mol. The molecule has 2 aromatic carbocycles. The summed E-state index contributed by atoms with van der Waals surface area (Å²) in [5.74, 6) is 0.838. The summed E-state index contributed by atoms with van der Waals surface area (Å²) in [6, 6.07) is 21.4. The Bertz CT molecular complexity index is 1180.